The van der Waals surface area contributed by atoms with Gasteiger partial charge in [-0.1, -0.05) is 28.9 Å². The van der Waals surface area contributed by atoms with Gasteiger partial charge in [-0.25, -0.2) is 0 Å². The van der Waals surface area contributed by atoms with E-state index in [0.717, 1.165) is 34.0 Å². The van der Waals surface area contributed by atoms with Gasteiger partial charge in [0.1, 0.15) is 5.75 Å². The van der Waals surface area contributed by atoms with Gasteiger partial charge in [0.2, 0.25) is 5.82 Å². The Morgan fingerprint density at radius 3 is 2.83 bits per heavy atom. The van der Waals surface area contributed by atoms with E-state index in [2.05, 4.69) is 32.3 Å². The summed E-state index contributed by atoms with van der Waals surface area (Å²) in [6.45, 7) is 6.94. The fourth-order valence-electron chi connectivity index (χ4n) is 3.99. The van der Waals surface area contributed by atoms with Crippen LogP contribution in [0.5, 0.6) is 5.75 Å². The summed E-state index contributed by atoms with van der Waals surface area (Å²) < 4.78 is 18.3. The summed E-state index contributed by atoms with van der Waals surface area (Å²) in [7, 11) is 2.00. The highest BCUT2D eigenvalue weighted by Crippen LogP contribution is 2.33. The monoisotopic (exact) mass is 496 g/mol. The summed E-state index contributed by atoms with van der Waals surface area (Å²) in [6, 6.07) is 11.5. The molecule has 0 aliphatic heterocycles. The number of fused-ring (bicyclic) bond motifs is 1. The highest BCUT2D eigenvalue weighted by Gasteiger charge is 2.18. The Morgan fingerprint density at radius 1 is 1.26 bits per heavy atom. The molecule has 35 heavy (non-hydrogen) atoms. The van der Waals surface area contributed by atoms with Crippen molar-refractivity contribution in [1.82, 2.24) is 20.0 Å². The van der Waals surface area contributed by atoms with Gasteiger partial charge in [-0.3, -0.25) is 4.79 Å². The van der Waals surface area contributed by atoms with Crippen molar-refractivity contribution in [2.24, 2.45) is 7.05 Å². The number of ether oxygens (including phenoxy) is 2. The lowest BCUT2D eigenvalue weighted by Gasteiger charge is -2.11. The Bertz CT molecular complexity index is 1330. The fourth-order valence-corrected chi connectivity index (χ4v) is 4.21. The van der Waals surface area contributed by atoms with Crippen LogP contribution >= 0.6 is 11.6 Å². The number of aryl methyl sites for hydroxylation is 1. The average molecular weight is 497 g/mol. The van der Waals surface area contributed by atoms with Crippen LogP contribution in [-0.2, 0) is 23.0 Å². The van der Waals surface area contributed by atoms with Gasteiger partial charge in [0, 0.05) is 29.8 Å². The molecule has 8 nitrogen and oxygen atoms in total. The maximum atomic E-state index is 11.5. The number of nitrogens with one attached hydrogen (secondary N) is 1. The summed E-state index contributed by atoms with van der Waals surface area (Å²) in [4.78, 5) is 16.2. The predicted molar refractivity (Wildman–Crippen MR) is 136 cm³/mol. The van der Waals surface area contributed by atoms with E-state index in [1.54, 1.807) is 13.0 Å². The molecular formula is C26H29ClN4O4. The van der Waals surface area contributed by atoms with Crippen LogP contribution in [0.15, 0.2) is 47.1 Å². The molecule has 2 aromatic carbocycles. The molecule has 0 saturated carbocycles. The molecule has 0 unspecified atom stereocenters. The van der Waals surface area contributed by atoms with Gasteiger partial charge in [-0.15, -0.1) is 0 Å². The van der Waals surface area contributed by atoms with Crippen molar-refractivity contribution >= 4 is 28.5 Å². The Hall–Kier alpha value is -3.36. The molecule has 0 radical (unpaired) electrons. The smallest absolute Gasteiger partial charge is 0.319 e. The molecule has 0 spiro atoms. The molecule has 2 aromatic heterocycles. The van der Waals surface area contributed by atoms with Crippen molar-refractivity contribution in [1.29, 1.82) is 0 Å². The molecule has 0 atom stereocenters. The number of benzene rings is 2. The minimum Gasteiger partial charge on any atom is -0.489 e. The quantitative estimate of drug-likeness (QED) is 0.243. The van der Waals surface area contributed by atoms with Crippen LogP contribution in [0.2, 0.25) is 5.02 Å². The van der Waals surface area contributed by atoms with Crippen molar-refractivity contribution in [2.45, 2.75) is 33.3 Å². The fraction of sp³-hybridized carbons (Fsp3) is 0.346. The molecule has 2 heterocycles. The minimum atomic E-state index is -0.246. The van der Waals surface area contributed by atoms with E-state index in [4.69, 9.17) is 25.6 Å². The number of carbonyl (C=O) groups excluding carboxylic acids is 1. The SMILES string of the molecule is CCOC(=O)CNCCc1cn(C)c2c(-c3noc(-c4ccc(OC(C)C)c(Cl)c4)n3)cccc12. The zero-order valence-electron chi connectivity index (χ0n) is 20.3. The van der Waals surface area contributed by atoms with Crippen molar-refractivity contribution in [3.8, 4) is 28.6 Å². The second-order valence-corrected chi connectivity index (χ2v) is 8.84. The lowest BCUT2D eigenvalue weighted by atomic mass is 10.1. The third kappa shape index (κ3) is 5.66. The summed E-state index contributed by atoms with van der Waals surface area (Å²) in [6.07, 6.45) is 2.88. The molecule has 1 N–H and O–H groups in total. The number of nitrogens with zero attached hydrogens (tertiary/aromatic N) is 3. The normalized spacial score (nSPS) is 11.4. The Morgan fingerprint density at radius 2 is 2.09 bits per heavy atom. The molecule has 4 rings (SSSR count). The molecule has 184 valence electrons. The van der Waals surface area contributed by atoms with E-state index in [-0.39, 0.29) is 18.6 Å². The lowest BCUT2D eigenvalue weighted by Crippen LogP contribution is -2.26. The highest BCUT2D eigenvalue weighted by molar-refractivity contribution is 6.32. The van der Waals surface area contributed by atoms with E-state index in [0.29, 0.717) is 35.6 Å². The van der Waals surface area contributed by atoms with Gasteiger partial charge in [0.05, 0.1) is 29.8 Å². The van der Waals surface area contributed by atoms with Crippen LogP contribution in [0.3, 0.4) is 0 Å². The highest BCUT2D eigenvalue weighted by atomic mass is 35.5. The molecule has 0 amide bonds. The topological polar surface area (TPSA) is 91.4 Å². The summed E-state index contributed by atoms with van der Waals surface area (Å²) in [5, 5.41) is 8.97. The number of rotatable bonds is 10. The van der Waals surface area contributed by atoms with Gasteiger partial charge >= 0.3 is 5.97 Å². The maximum absolute atomic E-state index is 11.5. The van der Waals surface area contributed by atoms with Crippen LogP contribution in [-0.4, -0.2) is 46.5 Å². The number of aromatic nitrogens is 3. The third-order valence-electron chi connectivity index (χ3n) is 5.44. The number of hydrogen-bond donors (Lipinski definition) is 1. The first-order valence-corrected chi connectivity index (χ1v) is 12.0. The standard InChI is InChI=1S/C26H29ClN4O4/c1-5-33-23(32)14-28-12-11-18-15-31(4)24-19(18)7-6-8-20(24)25-29-26(35-30-25)17-9-10-22(21(27)13-17)34-16(2)3/h6-10,13,15-16,28H,5,11-12,14H2,1-4H3. The molecule has 0 bridgehead atoms. The van der Waals surface area contributed by atoms with Crippen molar-refractivity contribution in [2.75, 3.05) is 19.7 Å². The van der Waals surface area contributed by atoms with Gasteiger partial charge in [-0.05, 0) is 63.6 Å². The molecule has 4 aromatic rings. The average Bonchev–Trinajstić information content (AvgIpc) is 3.43. The first-order chi connectivity index (χ1) is 16.9. The van der Waals surface area contributed by atoms with Crippen LogP contribution < -0.4 is 10.1 Å². The van der Waals surface area contributed by atoms with Crippen LogP contribution in [0.1, 0.15) is 26.3 Å². The summed E-state index contributed by atoms with van der Waals surface area (Å²) >= 11 is 6.38. The molecule has 0 saturated heterocycles. The molecule has 9 heteroatoms. The van der Waals surface area contributed by atoms with Crippen LogP contribution in [0.25, 0.3) is 33.7 Å². The second kappa shape index (κ2) is 10.9. The van der Waals surface area contributed by atoms with Crippen molar-refractivity contribution in [3.63, 3.8) is 0 Å². The summed E-state index contributed by atoms with van der Waals surface area (Å²) in [5.74, 6) is 1.25. The number of halogens is 1. The lowest BCUT2D eigenvalue weighted by molar-refractivity contribution is -0.141. The van der Waals surface area contributed by atoms with Crippen LogP contribution in [0.4, 0.5) is 0 Å². The number of para-hydroxylation sites is 1. The Labute approximate surface area is 209 Å². The Balaban J connectivity index is 1.55. The molecule has 0 fully saturated rings. The van der Waals surface area contributed by atoms with Gasteiger partial charge < -0.3 is 23.9 Å². The van der Waals surface area contributed by atoms with Gasteiger partial charge in [0.25, 0.3) is 5.89 Å². The van der Waals surface area contributed by atoms with E-state index >= 15 is 0 Å². The van der Waals surface area contributed by atoms with Crippen molar-refractivity contribution in [3.05, 3.63) is 53.2 Å². The largest absolute Gasteiger partial charge is 0.489 e. The Kier molecular flexibility index (Phi) is 7.73. The van der Waals surface area contributed by atoms with E-state index < -0.39 is 0 Å². The van der Waals surface area contributed by atoms with Crippen molar-refractivity contribution < 1.29 is 18.8 Å². The third-order valence-corrected chi connectivity index (χ3v) is 5.73. The predicted octanol–water partition coefficient (Wildman–Crippen LogP) is 5.03. The zero-order chi connectivity index (χ0) is 24.9. The van der Waals surface area contributed by atoms with E-state index in [9.17, 15) is 4.79 Å². The summed E-state index contributed by atoms with van der Waals surface area (Å²) in [5.41, 5.74) is 3.77. The van der Waals surface area contributed by atoms with Crippen LogP contribution in [0, 0.1) is 0 Å². The second-order valence-electron chi connectivity index (χ2n) is 8.43. The molecular weight excluding hydrogens is 468 g/mol. The molecule has 0 aliphatic carbocycles. The number of esters is 1. The molecule has 0 aliphatic rings. The van der Waals surface area contributed by atoms with Gasteiger partial charge in [0.15, 0.2) is 0 Å². The van der Waals surface area contributed by atoms with E-state index in [1.807, 2.05) is 45.2 Å². The maximum Gasteiger partial charge on any atom is 0.319 e. The van der Waals surface area contributed by atoms with Gasteiger partial charge in [-0.2, -0.15) is 4.98 Å². The number of carbonyl (C=O) groups is 1. The zero-order valence-corrected chi connectivity index (χ0v) is 21.1. The first-order valence-electron chi connectivity index (χ1n) is 11.6. The van der Waals surface area contributed by atoms with E-state index in [1.165, 1.54) is 0 Å². The first kappa shape index (κ1) is 24.8. The number of hydrogen-bond acceptors (Lipinski definition) is 7. The minimum absolute atomic E-state index is 0.0253.